The van der Waals surface area contributed by atoms with Gasteiger partial charge in [-0.05, 0) is 30.7 Å². The van der Waals surface area contributed by atoms with Crippen molar-refractivity contribution in [3.63, 3.8) is 0 Å². The number of aromatic hydroxyl groups is 1. The lowest BCUT2D eigenvalue weighted by atomic mass is 10.3. The summed E-state index contributed by atoms with van der Waals surface area (Å²) in [7, 11) is 0. The van der Waals surface area contributed by atoms with Crippen LogP contribution in [-0.2, 0) is 4.79 Å². The molecule has 0 saturated heterocycles. The van der Waals surface area contributed by atoms with E-state index >= 15 is 0 Å². The van der Waals surface area contributed by atoms with Gasteiger partial charge in [-0.25, -0.2) is 0 Å². The van der Waals surface area contributed by atoms with Gasteiger partial charge in [0.1, 0.15) is 11.5 Å². The lowest BCUT2D eigenvalue weighted by Crippen LogP contribution is -2.07. The monoisotopic (exact) mass is 258 g/mol. The average molecular weight is 259 g/mol. The van der Waals surface area contributed by atoms with Crippen LogP contribution in [0.4, 0.5) is 0 Å². The van der Waals surface area contributed by atoms with Crippen molar-refractivity contribution >= 4 is 21.9 Å². The Morgan fingerprint density at radius 2 is 2.00 bits per heavy atom. The van der Waals surface area contributed by atoms with Gasteiger partial charge in [0.2, 0.25) is 0 Å². The number of rotatable bonds is 4. The molecule has 0 atom stereocenters. The van der Waals surface area contributed by atoms with Crippen LogP contribution in [0.25, 0.3) is 0 Å². The van der Waals surface area contributed by atoms with Crippen LogP contribution in [0.1, 0.15) is 12.8 Å². The molecule has 0 amide bonds. The summed E-state index contributed by atoms with van der Waals surface area (Å²) in [5.41, 5.74) is 0. The summed E-state index contributed by atoms with van der Waals surface area (Å²) in [4.78, 5) is 11.2. The predicted octanol–water partition coefficient (Wildman–Crippen LogP) is 2.47. The number of halogens is 1. The number of carbonyl (C=O) groups is 1. The second kappa shape index (κ2) is 5.65. The van der Waals surface area contributed by atoms with Gasteiger partial charge < -0.3 is 9.84 Å². The fourth-order valence-electron chi connectivity index (χ4n) is 0.908. The van der Waals surface area contributed by atoms with Crippen LogP contribution in [0, 0.1) is 0 Å². The minimum atomic E-state index is -0.255. The van der Waals surface area contributed by atoms with Gasteiger partial charge in [0, 0.05) is 11.8 Å². The number of carbonyl (C=O) groups excluding carboxylic acids is 1. The Hall–Kier alpha value is -1.03. The second-order valence-electron chi connectivity index (χ2n) is 2.76. The third-order valence-electron chi connectivity index (χ3n) is 1.58. The first-order valence-electron chi connectivity index (χ1n) is 4.28. The molecular formula is C10H11BrO3. The number of hydrogen-bond acceptors (Lipinski definition) is 3. The van der Waals surface area contributed by atoms with Gasteiger partial charge in [0.25, 0.3) is 0 Å². The van der Waals surface area contributed by atoms with E-state index in [2.05, 4.69) is 15.9 Å². The molecule has 0 saturated carbocycles. The maximum Gasteiger partial charge on any atom is 0.311 e. The molecule has 0 aliphatic rings. The first-order valence-corrected chi connectivity index (χ1v) is 5.40. The summed E-state index contributed by atoms with van der Waals surface area (Å²) in [5, 5.41) is 9.77. The zero-order valence-electron chi connectivity index (χ0n) is 7.57. The summed E-state index contributed by atoms with van der Waals surface area (Å²) in [6.07, 6.45) is 1.16. The molecule has 1 rings (SSSR count). The lowest BCUT2D eigenvalue weighted by Gasteiger charge is -2.02. The number of benzene rings is 1. The normalized spacial score (nSPS) is 9.79. The minimum absolute atomic E-state index is 0.158. The fraction of sp³-hybridized carbons (Fsp3) is 0.300. The number of phenolic OH excluding ortho intramolecular Hbond substituents is 1. The summed E-state index contributed by atoms with van der Waals surface area (Å²) < 4.78 is 5.00. The molecular weight excluding hydrogens is 248 g/mol. The molecule has 0 radical (unpaired) electrons. The molecule has 1 aromatic carbocycles. The van der Waals surface area contributed by atoms with E-state index in [0.717, 1.165) is 11.8 Å². The van der Waals surface area contributed by atoms with E-state index in [9.17, 15) is 4.79 Å². The van der Waals surface area contributed by atoms with Crippen molar-refractivity contribution in [2.24, 2.45) is 0 Å². The van der Waals surface area contributed by atoms with Crippen molar-refractivity contribution in [1.29, 1.82) is 0 Å². The number of hydrogen-bond donors (Lipinski definition) is 1. The molecule has 0 aliphatic carbocycles. The molecule has 0 fully saturated rings. The zero-order valence-corrected chi connectivity index (χ0v) is 9.16. The second-order valence-corrected chi connectivity index (χ2v) is 3.55. The Balaban J connectivity index is 2.44. The summed E-state index contributed by atoms with van der Waals surface area (Å²) in [6, 6.07) is 6.07. The van der Waals surface area contributed by atoms with E-state index in [4.69, 9.17) is 9.84 Å². The number of esters is 1. The van der Waals surface area contributed by atoms with Crippen molar-refractivity contribution < 1.29 is 14.6 Å². The van der Waals surface area contributed by atoms with Gasteiger partial charge in [-0.2, -0.15) is 0 Å². The SMILES string of the molecule is O=C(CCCBr)Oc1ccc(O)cc1. The van der Waals surface area contributed by atoms with Crippen molar-refractivity contribution in [1.82, 2.24) is 0 Å². The molecule has 0 unspecified atom stereocenters. The van der Waals surface area contributed by atoms with Gasteiger partial charge >= 0.3 is 5.97 Å². The molecule has 3 nitrogen and oxygen atoms in total. The van der Waals surface area contributed by atoms with Gasteiger partial charge in [-0.15, -0.1) is 0 Å². The van der Waals surface area contributed by atoms with E-state index in [-0.39, 0.29) is 11.7 Å². The maximum absolute atomic E-state index is 11.2. The molecule has 1 N–H and O–H groups in total. The highest BCUT2D eigenvalue weighted by Gasteiger charge is 2.03. The molecule has 0 aliphatic heterocycles. The van der Waals surface area contributed by atoms with Crippen molar-refractivity contribution in [2.75, 3.05) is 5.33 Å². The van der Waals surface area contributed by atoms with E-state index in [1.165, 1.54) is 12.1 Å². The molecule has 0 aromatic heterocycles. The van der Waals surface area contributed by atoms with Gasteiger partial charge in [0.05, 0.1) is 0 Å². The highest BCUT2D eigenvalue weighted by Crippen LogP contribution is 2.16. The topological polar surface area (TPSA) is 46.5 Å². The van der Waals surface area contributed by atoms with E-state index in [1.807, 2.05) is 0 Å². The molecule has 1 aromatic rings. The molecule has 76 valence electrons. The van der Waals surface area contributed by atoms with Gasteiger partial charge in [0.15, 0.2) is 0 Å². The van der Waals surface area contributed by atoms with Crippen LogP contribution in [0.3, 0.4) is 0 Å². The Morgan fingerprint density at radius 1 is 1.36 bits per heavy atom. The Labute approximate surface area is 90.8 Å². The third kappa shape index (κ3) is 3.79. The Bertz CT molecular complexity index is 295. The van der Waals surface area contributed by atoms with Crippen molar-refractivity contribution in [3.8, 4) is 11.5 Å². The first kappa shape index (κ1) is 11.0. The van der Waals surface area contributed by atoms with Crippen LogP contribution < -0.4 is 4.74 Å². The third-order valence-corrected chi connectivity index (χ3v) is 2.14. The maximum atomic E-state index is 11.2. The average Bonchev–Trinajstić information content (AvgIpc) is 2.18. The summed E-state index contributed by atoms with van der Waals surface area (Å²) >= 11 is 3.23. The summed E-state index contributed by atoms with van der Waals surface area (Å²) in [6.45, 7) is 0. The molecule has 14 heavy (non-hydrogen) atoms. The van der Waals surface area contributed by atoms with E-state index in [1.54, 1.807) is 12.1 Å². The summed E-state index contributed by atoms with van der Waals surface area (Å²) in [5.74, 6) is 0.364. The number of ether oxygens (including phenoxy) is 1. The lowest BCUT2D eigenvalue weighted by molar-refractivity contribution is -0.134. The highest BCUT2D eigenvalue weighted by molar-refractivity contribution is 9.09. The van der Waals surface area contributed by atoms with Gasteiger partial charge in [-0.3, -0.25) is 4.79 Å². The van der Waals surface area contributed by atoms with Crippen molar-refractivity contribution in [3.05, 3.63) is 24.3 Å². The van der Waals surface area contributed by atoms with Crippen LogP contribution >= 0.6 is 15.9 Å². The van der Waals surface area contributed by atoms with Crippen LogP contribution in [0.15, 0.2) is 24.3 Å². The highest BCUT2D eigenvalue weighted by atomic mass is 79.9. The van der Waals surface area contributed by atoms with Crippen LogP contribution in [0.5, 0.6) is 11.5 Å². The smallest absolute Gasteiger partial charge is 0.311 e. The first-order chi connectivity index (χ1) is 6.72. The van der Waals surface area contributed by atoms with E-state index < -0.39 is 0 Å². The molecule has 0 spiro atoms. The molecule has 0 bridgehead atoms. The fourth-order valence-corrected chi connectivity index (χ4v) is 1.19. The van der Waals surface area contributed by atoms with Crippen LogP contribution in [-0.4, -0.2) is 16.4 Å². The van der Waals surface area contributed by atoms with Gasteiger partial charge in [-0.1, -0.05) is 15.9 Å². The zero-order chi connectivity index (χ0) is 10.4. The Morgan fingerprint density at radius 3 is 2.57 bits per heavy atom. The number of phenols is 1. The Kier molecular flexibility index (Phi) is 4.46. The largest absolute Gasteiger partial charge is 0.508 e. The quantitative estimate of drug-likeness (QED) is 0.513. The van der Waals surface area contributed by atoms with Crippen LogP contribution in [0.2, 0.25) is 0 Å². The molecule has 4 heteroatoms. The minimum Gasteiger partial charge on any atom is -0.508 e. The standard InChI is InChI=1S/C10H11BrO3/c11-7-1-2-10(13)14-9-5-3-8(12)4-6-9/h3-6,12H,1-2,7H2. The number of alkyl halides is 1. The molecule has 0 heterocycles. The van der Waals surface area contributed by atoms with E-state index in [0.29, 0.717) is 12.2 Å². The predicted molar refractivity (Wildman–Crippen MR) is 56.8 cm³/mol. The van der Waals surface area contributed by atoms with Crippen molar-refractivity contribution in [2.45, 2.75) is 12.8 Å².